The van der Waals surface area contributed by atoms with Gasteiger partial charge in [-0.2, -0.15) is 11.3 Å². The van der Waals surface area contributed by atoms with E-state index in [9.17, 15) is 13.2 Å². The van der Waals surface area contributed by atoms with Crippen molar-refractivity contribution in [3.05, 3.63) is 22.4 Å². The van der Waals surface area contributed by atoms with Gasteiger partial charge in [-0.3, -0.25) is 4.79 Å². The highest BCUT2D eigenvalue weighted by atomic mass is 32.2. The molecule has 1 saturated heterocycles. The molecule has 0 N–H and O–H groups in total. The predicted octanol–water partition coefficient (Wildman–Crippen LogP) is 1.23. The van der Waals surface area contributed by atoms with Crippen LogP contribution >= 0.6 is 11.3 Å². The highest BCUT2D eigenvalue weighted by Gasteiger charge is 2.33. The van der Waals surface area contributed by atoms with Crippen LogP contribution in [0.15, 0.2) is 16.8 Å². The minimum absolute atomic E-state index is 0.0600. The molecule has 1 aromatic rings. The Hall–Kier alpha value is -0.880. The molecule has 16 heavy (non-hydrogen) atoms. The molecule has 1 atom stereocenters. The zero-order chi connectivity index (χ0) is 11.6. The fourth-order valence-electron chi connectivity index (χ4n) is 1.63. The van der Waals surface area contributed by atoms with Crippen LogP contribution < -0.4 is 0 Å². The summed E-state index contributed by atoms with van der Waals surface area (Å²) in [5, 5.41) is 3.81. The maximum Gasteiger partial charge on any atom is 0.310 e. The maximum atomic E-state index is 11.5. The molecule has 1 unspecified atom stereocenters. The number of carbonyl (C=O) groups excluding carboxylic acids is 1. The van der Waals surface area contributed by atoms with Crippen molar-refractivity contribution in [2.24, 2.45) is 5.92 Å². The molecule has 0 spiro atoms. The molecule has 1 aliphatic heterocycles. The van der Waals surface area contributed by atoms with E-state index in [1.54, 1.807) is 0 Å². The van der Waals surface area contributed by atoms with Crippen molar-refractivity contribution in [3.8, 4) is 0 Å². The summed E-state index contributed by atoms with van der Waals surface area (Å²) in [4.78, 5) is 11.5. The zero-order valence-corrected chi connectivity index (χ0v) is 10.2. The monoisotopic (exact) mass is 260 g/mol. The molecular formula is C10H12O4S2. The third kappa shape index (κ3) is 2.82. The third-order valence-corrected chi connectivity index (χ3v) is 5.03. The van der Waals surface area contributed by atoms with Crippen LogP contribution in [0.5, 0.6) is 0 Å². The molecule has 0 aromatic carbocycles. The minimum atomic E-state index is -3.01. The first-order valence-electron chi connectivity index (χ1n) is 4.95. The summed E-state index contributed by atoms with van der Waals surface area (Å²) in [7, 11) is -3.01. The van der Waals surface area contributed by atoms with E-state index in [4.69, 9.17) is 4.74 Å². The van der Waals surface area contributed by atoms with Gasteiger partial charge in [-0.1, -0.05) is 0 Å². The Kier molecular flexibility index (Phi) is 3.30. The van der Waals surface area contributed by atoms with Crippen molar-refractivity contribution in [2.45, 2.75) is 13.0 Å². The summed E-state index contributed by atoms with van der Waals surface area (Å²) in [6, 6.07) is 1.88. The van der Waals surface area contributed by atoms with Crippen molar-refractivity contribution in [1.82, 2.24) is 0 Å². The normalized spacial score (nSPS) is 23.1. The largest absolute Gasteiger partial charge is 0.461 e. The lowest BCUT2D eigenvalue weighted by atomic mass is 10.1. The van der Waals surface area contributed by atoms with Gasteiger partial charge in [0.25, 0.3) is 0 Å². The predicted molar refractivity (Wildman–Crippen MR) is 60.9 cm³/mol. The first-order chi connectivity index (χ1) is 7.57. The second-order valence-electron chi connectivity index (χ2n) is 3.84. The molecule has 1 aromatic heterocycles. The van der Waals surface area contributed by atoms with Crippen LogP contribution in [0, 0.1) is 5.92 Å². The molecule has 2 rings (SSSR count). The summed E-state index contributed by atoms with van der Waals surface area (Å²) < 4.78 is 27.4. The van der Waals surface area contributed by atoms with E-state index in [-0.39, 0.29) is 18.1 Å². The molecule has 6 heteroatoms. The Morgan fingerprint density at radius 3 is 2.94 bits per heavy atom. The lowest BCUT2D eigenvalue weighted by Crippen LogP contribution is -2.18. The molecule has 0 bridgehead atoms. The van der Waals surface area contributed by atoms with Crippen LogP contribution in [0.1, 0.15) is 12.0 Å². The Labute approximate surface area is 98.2 Å². The van der Waals surface area contributed by atoms with Gasteiger partial charge in [-0.15, -0.1) is 0 Å². The van der Waals surface area contributed by atoms with Crippen LogP contribution in [0.3, 0.4) is 0 Å². The lowest BCUT2D eigenvalue weighted by molar-refractivity contribution is -0.148. The average Bonchev–Trinajstić information content (AvgIpc) is 2.83. The lowest BCUT2D eigenvalue weighted by Gasteiger charge is -2.07. The van der Waals surface area contributed by atoms with Gasteiger partial charge >= 0.3 is 5.97 Å². The molecule has 0 radical (unpaired) electrons. The number of esters is 1. The number of ether oxygens (including phenoxy) is 1. The van der Waals surface area contributed by atoms with Crippen molar-refractivity contribution < 1.29 is 17.9 Å². The molecule has 88 valence electrons. The number of sulfone groups is 1. The van der Waals surface area contributed by atoms with E-state index in [1.165, 1.54) is 11.3 Å². The first-order valence-corrected chi connectivity index (χ1v) is 7.71. The van der Waals surface area contributed by atoms with Gasteiger partial charge in [-0.05, 0) is 23.2 Å². The van der Waals surface area contributed by atoms with Gasteiger partial charge in [-0.25, -0.2) is 8.42 Å². The third-order valence-electron chi connectivity index (χ3n) is 2.53. The van der Waals surface area contributed by atoms with Gasteiger partial charge in [0.1, 0.15) is 6.61 Å². The Bertz CT molecular complexity index is 461. The summed E-state index contributed by atoms with van der Waals surface area (Å²) in [6.07, 6.45) is 0.394. The smallest absolute Gasteiger partial charge is 0.310 e. The van der Waals surface area contributed by atoms with E-state index in [2.05, 4.69) is 0 Å². The van der Waals surface area contributed by atoms with Gasteiger partial charge in [0.2, 0.25) is 0 Å². The van der Waals surface area contributed by atoms with Crippen LogP contribution in [-0.2, 0) is 26.0 Å². The topological polar surface area (TPSA) is 60.4 Å². The molecule has 0 amide bonds. The van der Waals surface area contributed by atoms with Crippen LogP contribution in [0.2, 0.25) is 0 Å². The standard InChI is InChI=1S/C10H12O4S2/c11-10(9-2-4-16(12,13)7-9)14-5-8-1-3-15-6-8/h1,3,6,9H,2,4-5,7H2. The van der Waals surface area contributed by atoms with E-state index in [1.807, 2.05) is 16.8 Å². The molecule has 1 aliphatic rings. The Morgan fingerprint density at radius 2 is 2.38 bits per heavy atom. The van der Waals surface area contributed by atoms with Crippen molar-refractivity contribution in [3.63, 3.8) is 0 Å². The van der Waals surface area contributed by atoms with Crippen LogP contribution in [0.4, 0.5) is 0 Å². The molecule has 4 nitrogen and oxygen atoms in total. The number of hydrogen-bond donors (Lipinski definition) is 0. The van der Waals surface area contributed by atoms with Crippen molar-refractivity contribution >= 4 is 27.1 Å². The average molecular weight is 260 g/mol. The summed E-state index contributed by atoms with van der Waals surface area (Å²) in [5.41, 5.74) is 0.944. The SMILES string of the molecule is O=C(OCc1ccsc1)C1CCS(=O)(=O)C1. The van der Waals surface area contributed by atoms with E-state index in [0.29, 0.717) is 6.42 Å². The van der Waals surface area contributed by atoms with E-state index < -0.39 is 21.7 Å². The van der Waals surface area contributed by atoms with Crippen molar-refractivity contribution in [2.75, 3.05) is 11.5 Å². The van der Waals surface area contributed by atoms with Gasteiger partial charge in [0, 0.05) is 5.56 Å². The van der Waals surface area contributed by atoms with E-state index >= 15 is 0 Å². The molecule has 0 saturated carbocycles. The molecular weight excluding hydrogens is 248 g/mol. The summed E-state index contributed by atoms with van der Waals surface area (Å²) in [5.74, 6) is -0.823. The minimum Gasteiger partial charge on any atom is -0.461 e. The van der Waals surface area contributed by atoms with Gasteiger partial charge < -0.3 is 4.74 Å². The second kappa shape index (κ2) is 4.55. The maximum absolute atomic E-state index is 11.5. The van der Waals surface area contributed by atoms with Gasteiger partial charge in [0.15, 0.2) is 9.84 Å². The molecule has 0 aliphatic carbocycles. The first kappa shape index (κ1) is 11.6. The molecule has 1 fully saturated rings. The van der Waals surface area contributed by atoms with Gasteiger partial charge in [0.05, 0.1) is 17.4 Å². The highest BCUT2D eigenvalue weighted by molar-refractivity contribution is 7.91. The van der Waals surface area contributed by atoms with Crippen LogP contribution in [0.25, 0.3) is 0 Å². The van der Waals surface area contributed by atoms with Crippen LogP contribution in [-0.4, -0.2) is 25.9 Å². The number of rotatable bonds is 3. The number of carbonyl (C=O) groups is 1. The number of hydrogen-bond acceptors (Lipinski definition) is 5. The number of thiophene rings is 1. The molecule has 2 heterocycles. The fraction of sp³-hybridized carbons (Fsp3) is 0.500. The Morgan fingerprint density at radius 1 is 1.56 bits per heavy atom. The fourth-order valence-corrected chi connectivity index (χ4v) is 4.01. The Balaban J connectivity index is 1.85. The second-order valence-corrected chi connectivity index (χ2v) is 6.85. The quantitative estimate of drug-likeness (QED) is 0.767. The zero-order valence-electron chi connectivity index (χ0n) is 8.59. The summed E-state index contributed by atoms with van der Waals surface area (Å²) >= 11 is 1.54. The highest BCUT2D eigenvalue weighted by Crippen LogP contribution is 2.20. The summed E-state index contributed by atoms with van der Waals surface area (Å²) in [6.45, 7) is 0.235. The van der Waals surface area contributed by atoms with E-state index in [0.717, 1.165) is 5.56 Å². The van der Waals surface area contributed by atoms with Crippen molar-refractivity contribution in [1.29, 1.82) is 0 Å².